The Hall–Kier alpha value is -1.69. The topological polar surface area (TPSA) is 67.3 Å². The van der Waals surface area contributed by atoms with Crippen LogP contribution in [0.5, 0.6) is 0 Å². The lowest BCUT2D eigenvalue weighted by molar-refractivity contribution is 0.0593. The number of rotatable bonds is 6. The highest BCUT2D eigenvalue weighted by Crippen LogP contribution is 2.11. The molecule has 1 atom stereocenters. The van der Waals surface area contributed by atoms with Gasteiger partial charge in [0.1, 0.15) is 5.82 Å². The van der Waals surface area contributed by atoms with Gasteiger partial charge in [0.15, 0.2) is 5.69 Å². The zero-order valence-corrected chi connectivity index (χ0v) is 12.1. The fourth-order valence-corrected chi connectivity index (χ4v) is 2.38. The van der Waals surface area contributed by atoms with E-state index in [9.17, 15) is 4.79 Å². The smallest absolute Gasteiger partial charge is 0.358 e. The van der Waals surface area contributed by atoms with Crippen molar-refractivity contribution in [2.24, 2.45) is 5.92 Å². The molecule has 0 saturated carbocycles. The zero-order valence-electron chi connectivity index (χ0n) is 12.1. The highest BCUT2D eigenvalue weighted by atomic mass is 16.5. The van der Waals surface area contributed by atoms with E-state index in [1.54, 1.807) is 6.20 Å². The summed E-state index contributed by atoms with van der Waals surface area (Å²) >= 11 is 0. The Bertz CT molecular complexity index is 429. The predicted octanol–water partition coefficient (Wildman–Crippen LogP) is 1.41. The molecule has 110 valence electrons. The van der Waals surface area contributed by atoms with E-state index >= 15 is 0 Å². The van der Waals surface area contributed by atoms with E-state index in [-0.39, 0.29) is 5.69 Å². The molecular weight excluding hydrogens is 256 g/mol. The molecule has 1 aliphatic heterocycles. The Morgan fingerprint density at radius 1 is 1.40 bits per heavy atom. The number of carbonyl (C=O) groups excluding carboxylic acids is 1. The minimum absolute atomic E-state index is 0.225. The van der Waals surface area contributed by atoms with E-state index in [0.29, 0.717) is 11.7 Å². The van der Waals surface area contributed by atoms with Gasteiger partial charge in [-0.05, 0) is 31.8 Å². The van der Waals surface area contributed by atoms with E-state index in [1.807, 2.05) is 0 Å². The van der Waals surface area contributed by atoms with Crippen molar-refractivity contribution in [3.8, 4) is 0 Å². The van der Waals surface area contributed by atoms with E-state index < -0.39 is 5.97 Å². The Balaban J connectivity index is 1.76. The van der Waals surface area contributed by atoms with Crippen molar-refractivity contribution >= 4 is 11.8 Å². The molecule has 1 unspecified atom stereocenters. The van der Waals surface area contributed by atoms with Crippen LogP contribution >= 0.6 is 0 Å². The Kier molecular flexibility index (Phi) is 5.29. The summed E-state index contributed by atoms with van der Waals surface area (Å²) in [6.45, 7) is 6.63. The second-order valence-corrected chi connectivity index (χ2v) is 5.27. The molecule has 20 heavy (non-hydrogen) atoms. The van der Waals surface area contributed by atoms with Gasteiger partial charge in [0.25, 0.3) is 0 Å². The molecule has 1 saturated heterocycles. The summed E-state index contributed by atoms with van der Waals surface area (Å²) in [5, 5.41) is 3.25. The molecule has 1 aromatic rings. The molecule has 0 aliphatic carbocycles. The van der Waals surface area contributed by atoms with Crippen LogP contribution < -0.4 is 5.32 Å². The molecule has 0 aromatic carbocycles. The number of esters is 1. The highest BCUT2D eigenvalue weighted by molar-refractivity contribution is 5.86. The zero-order chi connectivity index (χ0) is 14.4. The first kappa shape index (κ1) is 14.7. The molecule has 0 spiro atoms. The van der Waals surface area contributed by atoms with E-state index in [2.05, 4.69) is 31.8 Å². The lowest BCUT2D eigenvalue weighted by Crippen LogP contribution is -2.29. The average molecular weight is 278 g/mol. The van der Waals surface area contributed by atoms with Crippen LogP contribution in [0.3, 0.4) is 0 Å². The molecule has 6 heteroatoms. The third-order valence-corrected chi connectivity index (χ3v) is 3.45. The van der Waals surface area contributed by atoms with Gasteiger partial charge in [0.05, 0.1) is 19.5 Å². The van der Waals surface area contributed by atoms with Crippen LogP contribution in [0.4, 0.5) is 5.82 Å². The summed E-state index contributed by atoms with van der Waals surface area (Å²) in [6.07, 6.45) is 5.63. The first-order valence-corrected chi connectivity index (χ1v) is 7.05. The molecule has 1 N–H and O–H groups in total. The van der Waals surface area contributed by atoms with Crippen LogP contribution in [0.2, 0.25) is 0 Å². The number of likely N-dealkylation sites (tertiary alicyclic amines) is 1. The standard InChI is InChI=1S/C14H22N4O2/c1-11(10-18-5-3-4-6-18)7-16-13-9-15-12(8-17-13)14(19)20-2/h8-9,11H,3-7,10H2,1-2H3,(H,16,17). The monoisotopic (exact) mass is 278 g/mol. The summed E-state index contributed by atoms with van der Waals surface area (Å²) in [7, 11) is 1.33. The normalized spacial score (nSPS) is 16.9. The van der Waals surface area contributed by atoms with Gasteiger partial charge >= 0.3 is 5.97 Å². The van der Waals surface area contributed by atoms with Gasteiger partial charge in [0.2, 0.25) is 0 Å². The maximum absolute atomic E-state index is 11.2. The number of hydrogen-bond acceptors (Lipinski definition) is 6. The van der Waals surface area contributed by atoms with Crippen LogP contribution in [-0.2, 0) is 4.74 Å². The Morgan fingerprint density at radius 2 is 2.15 bits per heavy atom. The second kappa shape index (κ2) is 7.19. The van der Waals surface area contributed by atoms with Crippen molar-refractivity contribution in [1.82, 2.24) is 14.9 Å². The molecule has 0 bridgehead atoms. The van der Waals surface area contributed by atoms with Gasteiger partial charge in [0, 0.05) is 13.1 Å². The third kappa shape index (κ3) is 4.16. The molecule has 1 aliphatic rings. The fraction of sp³-hybridized carbons (Fsp3) is 0.643. The molecule has 6 nitrogen and oxygen atoms in total. The lowest BCUT2D eigenvalue weighted by atomic mass is 10.1. The Morgan fingerprint density at radius 3 is 2.75 bits per heavy atom. The van der Waals surface area contributed by atoms with Gasteiger partial charge in [-0.2, -0.15) is 0 Å². The van der Waals surface area contributed by atoms with Gasteiger partial charge < -0.3 is 15.0 Å². The first-order valence-electron chi connectivity index (χ1n) is 7.05. The Labute approximate surface area is 119 Å². The number of aromatic nitrogens is 2. The summed E-state index contributed by atoms with van der Waals surface area (Å²) in [4.78, 5) is 21.9. The quantitative estimate of drug-likeness (QED) is 0.794. The molecule has 1 aromatic heterocycles. The van der Waals surface area contributed by atoms with E-state index in [4.69, 9.17) is 0 Å². The highest BCUT2D eigenvalue weighted by Gasteiger charge is 2.14. The van der Waals surface area contributed by atoms with Gasteiger partial charge in [-0.1, -0.05) is 6.92 Å². The molecule has 2 heterocycles. The minimum atomic E-state index is -0.466. The van der Waals surface area contributed by atoms with Gasteiger partial charge in [-0.15, -0.1) is 0 Å². The van der Waals surface area contributed by atoms with Crippen molar-refractivity contribution < 1.29 is 9.53 Å². The SMILES string of the molecule is COC(=O)c1cnc(NCC(C)CN2CCCC2)cn1. The maximum Gasteiger partial charge on any atom is 0.358 e. The molecule has 0 radical (unpaired) electrons. The van der Waals surface area contributed by atoms with E-state index in [0.717, 1.165) is 13.1 Å². The number of methoxy groups -OCH3 is 1. The van der Waals surface area contributed by atoms with Crippen LogP contribution in [0.1, 0.15) is 30.3 Å². The number of anilines is 1. The van der Waals surface area contributed by atoms with Crippen molar-refractivity contribution in [3.63, 3.8) is 0 Å². The molecule has 2 rings (SSSR count). The van der Waals surface area contributed by atoms with Crippen molar-refractivity contribution in [2.75, 3.05) is 38.6 Å². The van der Waals surface area contributed by atoms with Crippen LogP contribution in [0, 0.1) is 5.92 Å². The van der Waals surface area contributed by atoms with Crippen molar-refractivity contribution in [1.29, 1.82) is 0 Å². The van der Waals surface area contributed by atoms with Crippen LogP contribution in [-0.4, -0.2) is 54.1 Å². The van der Waals surface area contributed by atoms with Crippen LogP contribution in [0.25, 0.3) is 0 Å². The second-order valence-electron chi connectivity index (χ2n) is 5.27. The number of carbonyl (C=O) groups is 1. The summed E-state index contributed by atoms with van der Waals surface area (Å²) < 4.78 is 4.58. The average Bonchev–Trinajstić information content (AvgIpc) is 2.97. The van der Waals surface area contributed by atoms with Crippen molar-refractivity contribution in [2.45, 2.75) is 19.8 Å². The lowest BCUT2D eigenvalue weighted by Gasteiger charge is -2.20. The summed E-state index contributed by atoms with van der Waals surface area (Å²) in [6, 6.07) is 0. The largest absolute Gasteiger partial charge is 0.464 e. The molecule has 1 fully saturated rings. The van der Waals surface area contributed by atoms with Crippen molar-refractivity contribution in [3.05, 3.63) is 18.1 Å². The van der Waals surface area contributed by atoms with Gasteiger partial charge in [-0.25, -0.2) is 14.8 Å². The maximum atomic E-state index is 11.2. The number of ether oxygens (including phenoxy) is 1. The minimum Gasteiger partial charge on any atom is -0.464 e. The summed E-state index contributed by atoms with van der Waals surface area (Å²) in [5.74, 6) is 0.771. The number of hydrogen-bond donors (Lipinski definition) is 1. The summed E-state index contributed by atoms with van der Waals surface area (Å²) in [5.41, 5.74) is 0.225. The van der Waals surface area contributed by atoms with Crippen LogP contribution in [0.15, 0.2) is 12.4 Å². The molecule has 0 amide bonds. The number of nitrogens with zero attached hydrogens (tertiary/aromatic N) is 3. The molecular formula is C14H22N4O2. The first-order chi connectivity index (χ1) is 9.69. The fourth-order valence-electron chi connectivity index (χ4n) is 2.38. The van der Waals surface area contributed by atoms with E-state index in [1.165, 1.54) is 39.2 Å². The third-order valence-electron chi connectivity index (χ3n) is 3.45. The van der Waals surface area contributed by atoms with Gasteiger partial charge in [-0.3, -0.25) is 0 Å². The predicted molar refractivity (Wildman–Crippen MR) is 76.7 cm³/mol. The number of nitrogens with one attached hydrogen (secondary N) is 1.